The number of halogens is 1. The number of aryl methyl sites for hydroxylation is 1. The second kappa shape index (κ2) is 6.18. The number of carbonyl (C=O) groups is 1. The van der Waals surface area contributed by atoms with Crippen LogP contribution in [0.1, 0.15) is 15.9 Å². The predicted molar refractivity (Wildman–Crippen MR) is 96.4 cm³/mol. The van der Waals surface area contributed by atoms with Crippen LogP contribution in [-0.4, -0.2) is 20.0 Å². The van der Waals surface area contributed by atoms with Gasteiger partial charge in [-0.3, -0.25) is 18.7 Å². The summed E-state index contributed by atoms with van der Waals surface area (Å²) >= 11 is 6.05. The van der Waals surface area contributed by atoms with Gasteiger partial charge in [0, 0.05) is 31.0 Å². The highest BCUT2D eigenvalue weighted by Crippen LogP contribution is 2.23. The van der Waals surface area contributed by atoms with Gasteiger partial charge in [-0.25, -0.2) is 9.78 Å². The van der Waals surface area contributed by atoms with Gasteiger partial charge in [0.2, 0.25) is 0 Å². The predicted octanol–water partition coefficient (Wildman–Crippen LogP) is 1.85. The molecular weight excluding hydrogens is 344 g/mol. The fourth-order valence-electron chi connectivity index (χ4n) is 2.53. The quantitative estimate of drug-likeness (QED) is 0.757. The first-order valence-electron chi connectivity index (χ1n) is 7.43. The minimum atomic E-state index is -0.501. The third-order valence-corrected chi connectivity index (χ3v) is 4.48. The lowest BCUT2D eigenvalue weighted by molar-refractivity contribution is 0.102. The largest absolute Gasteiger partial charge is 0.332 e. The van der Waals surface area contributed by atoms with Crippen LogP contribution in [0, 0.1) is 6.92 Å². The molecule has 128 valence electrons. The molecule has 0 bridgehead atoms. The van der Waals surface area contributed by atoms with Crippen LogP contribution in [0.5, 0.6) is 0 Å². The Hall–Kier alpha value is -2.93. The molecule has 0 saturated heterocycles. The highest BCUT2D eigenvalue weighted by Gasteiger charge is 2.14. The van der Waals surface area contributed by atoms with Crippen molar-refractivity contribution in [3.63, 3.8) is 0 Å². The topological polar surface area (TPSA) is 86.0 Å². The van der Waals surface area contributed by atoms with E-state index in [9.17, 15) is 14.4 Å². The molecule has 1 aromatic carbocycles. The average molecular weight is 359 g/mol. The van der Waals surface area contributed by atoms with Gasteiger partial charge >= 0.3 is 5.69 Å². The Morgan fingerprint density at radius 3 is 2.64 bits per heavy atom. The number of aromatic nitrogens is 3. The standard InChI is InChI=1S/C17H15ClN4O3/c1-9-12(18)5-4-6-13(9)20-15(23)10-7-11-14(19-8-10)21(2)17(25)22(3)16(11)24/h4-8H,1-3H3,(H,20,23). The SMILES string of the molecule is Cc1c(Cl)cccc1NC(=O)c1cnc2c(c1)c(=O)n(C)c(=O)n2C. The van der Waals surface area contributed by atoms with Gasteiger partial charge in [0.15, 0.2) is 0 Å². The summed E-state index contributed by atoms with van der Waals surface area (Å²) in [5.41, 5.74) is 0.776. The first-order chi connectivity index (χ1) is 11.8. The molecule has 0 radical (unpaired) electrons. The van der Waals surface area contributed by atoms with E-state index < -0.39 is 17.2 Å². The minimum Gasteiger partial charge on any atom is -0.322 e. The summed E-state index contributed by atoms with van der Waals surface area (Å²) in [7, 11) is 2.90. The molecule has 0 fully saturated rings. The number of benzene rings is 1. The number of nitrogens with one attached hydrogen (secondary N) is 1. The number of amides is 1. The molecular formula is C17H15ClN4O3. The second-order valence-corrected chi connectivity index (χ2v) is 6.07. The van der Waals surface area contributed by atoms with Crippen LogP contribution in [-0.2, 0) is 14.1 Å². The van der Waals surface area contributed by atoms with E-state index in [-0.39, 0.29) is 16.6 Å². The van der Waals surface area contributed by atoms with Crippen molar-refractivity contribution in [3.05, 3.63) is 67.4 Å². The van der Waals surface area contributed by atoms with Crippen molar-refractivity contribution in [3.8, 4) is 0 Å². The van der Waals surface area contributed by atoms with E-state index in [1.807, 2.05) is 0 Å². The van der Waals surface area contributed by atoms with Crippen LogP contribution in [0.2, 0.25) is 5.02 Å². The third kappa shape index (κ3) is 2.83. The summed E-state index contributed by atoms with van der Waals surface area (Å²) in [5.74, 6) is -0.421. The lowest BCUT2D eigenvalue weighted by Crippen LogP contribution is -2.37. The van der Waals surface area contributed by atoms with Crippen molar-refractivity contribution in [1.82, 2.24) is 14.1 Å². The third-order valence-electron chi connectivity index (χ3n) is 4.07. The fraction of sp³-hybridized carbons (Fsp3) is 0.176. The molecule has 2 aromatic heterocycles. The molecule has 0 aliphatic carbocycles. The molecule has 2 heterocycles. The van der Waals surface area contributed by atoms with Gasteiger partial charge < -0.3 is 5.32 Å². The van der Waals surface area contributed by atoms with Crippen molar-refractivity contribution in [2.45, 2.75) is 6.92 Å². The Kier molecular flexibility index (Phi) is 4.18. The number of nitrogens with zero attached hydrogens (tertiary/aromatic N) is 3. The van der Waals surface area contributed by atoms with Crippen LogP contribution >= 0.6 is 11.6 Å². The maximum absolute atomic E-state index is 12.5. The minimum absolute atomic E-state index is 0.195. The summed E-state index contributed by atoms with van der Waals surface area (Å²) in [5, 5.41) is 3.49. The number of hydrogen-bond donors (Lipinski definition) is 1. The Bertz CT molecular complexity index is 1130. The van der Waals surface area contributed by atoms with Crippen molar-refractivity contribution in [2.24, 2.45) is 14.1 Å². The number of hydrogen-bond acceptors (Lipinski definition) is 4. The number of anilines is 1. The van der Waals surface area contributed by atoms with E-state index in [2.05, 4.69) is 10.3 Å². The Morgan fingerprint density at radius 1 is 1.20 bits per heavy atom. The van der Waals surface area contributed by atoms with E-state index in [0.29, 0.717) is 10.7 Å². The maximum atomic E-state index is 12.5. The lowest BCUT2D eigenvalue weighted by Gasteiger charge is -2.11. The molecule has 0 aliphatic heterocycles. The monoisotopic (exact) mass is 358 g/mol. The van der Waals surface area contributed by atoms with E-state index in [4.69, 9.17) is 11.6 Å². The molecule has 3 aromatic rings. The van der Waals surface area contributed by atoms with Crippen LogP contribution in [0.4, 0.5) is 5.69 Å². The zero-order chi connectivity index (χ0) is 18.3. The van der Waals surface area contributed by atoms with Gasteiger partial charge in [0.25, 0.3) is 11.5 Å². The van der Waals surface area contributed by atoms with Crippen molar-refractivity contribution in [1.29, 1.82) is 0 Å². The molecule has 8 heteroatoms. The van der Waals surface area contributed by atoms with E-state index >= 15 is 0 Å². The molecule has 0 unspecified atom stereocenters. The van der Waals surface area contributed by atoms with E-state index in [1.54, 1.807) is 25.1 Å². The fourth-order valence-corrected chi connectivity index (χ4v) is 2.70. The summed E-state index contributed by atoms with van der Waals surface area (Å²) in [6.07, 6.45) is 1.33. The van der Waals surface area contributed by atoms with Gasteiger partial charge in [-0.15, -0.1) is 0 Å². The number of fused-ring (bicyclic) bond motifs is 1. The van der Waals surface area contributed by atoms with Gasteiger partial charge in [-0.05, 0) is 30.7 Å². The maximum Gasteiger partial charge on any atom is 0.332 e. The number of pyridine rings is 1. The van der Waals surface area contributed by atoms with Crippen molar-refractivity contribution in [2.75, 3.05) is 5.32 Å². The Morgan fingerprint density at radius 2 is 1.92 bits per heavy atom. The highest BCUT2D eigenvalue weighted by atomic mass is 35.5. The van der Waals surface area contributed by atoms with E-state index in [0.717, 1.165) is 10.1 Å². The molecule has 7 nitrogen and oxygen atoms in total. The molecule has 1 amide bonds. The van der Waals surface area contributed by atoms with Crippen molar-refractivity contribution >= 4 is 34.2 Å². The zero-order valence-corrected chi connectivity index (χ0v) is 14.6. The highest BCUT2D eigenvalue weighted by molar-refractivity contribution is 6.31. The smallest absolute Gasteiger partial charge is 0.322 e. The Balaban J connectivity index is 2.08. The van der Waals surface area contributed by atoms with Gasteiger partial charge in [-0.1, -0.05) is 17.7 Å². The zero-order valence-electron chi connectivity index (χ0n) is 13.8. The molecule has 0 saturated carbocycles. The molecule has 25 heavy (non-hydrogen) atoms. The summed E-state index contributed by atoms with van der Waals surface area (Å²) in [6, 6.07) is 6.62. The van der Waals surface area contributed by atoms with Gasteiger partial charge in [-0.2, -0.15) is 0 Å². The average Bonchev–Trinajstić information content (AvgIpc) is 2.61. The van der Waals surface area contributed by atoms with Crippen LogP contribution in [0.3, 0.4) is 0 Å². The second-order valence-electron chi connectivity index (χ2n) is 5.67. The first kappa shape index (κ1) is 16.9. The van der Waals surface area contributed by atoms with Crippen molar-refractivity contribution < 1.29 is 4.79 Å². The molecule has 3 rings (SSSR count). The molecule has 0 spiro atoms. The number of carbonyl (C=O) groups excluding carboxylic acids is 1. The lowest BCUT2D eigenvalue weighted by atomic mass is 10.1. The van der Waals surface area contributed by atoms with Gasteiger partial charge in [0.05, 0.1) is 10.9 Å². The summed E-state index contributed by atoms with van der Waals surface area (Å²) < 4.78 is 2.24. The molecule has 1 N–H and O–H groups in total. The van der Waals surface area contributed by atoms with Crippen LogP contribution in [0.25, 0.3) is 11.0 Å². The van der Waals surface area contributed by atoms with E-state index in [1.165, 1.54) is 30.9 Å². The molecule has 0 aliphatic rings. The molecule has 0 atom stereocenters. The first-order valence-corrected chi connectivity index (χ1v) is 7.81. The summed E-state index contributed by atoms with van der Waals surface area (Å²) in [6.45, 7) is 1.79. The summed E-state index contributed by atoms with van der Waals surface area (Å²) in [4.78, 5) is 40.8. The van der Waals surface area contributed by atoms with Crippen LogP contribution in [0.15, 0.2) is 40.1 Å². The normalized spacial score (nSPS) is 10.9. The Labute approximate surface area is 147 Å². The van der Waals surface area contributed by atoms with Gasteiger partial charge in [0.1, 0.15) is 5.65 Å². The van der Waals surface area contributed by atoms with Crippen LogP contribution < -0.4 is 16.6 Å². The number of rotatable bonds is 2.